The molecule has 0 atom stereocenters. The maximum atomic E-state index is 5.49. The van der Waals surface area contributed by atoms with E-state index >= 15 is 0 Å². The van der Waals surface area contributed by atoms with Crippen molar-refractivity contribution in [1.82, 2.24) is 9.36 Å². The third-order valence-corrected chi connectivity index (χ3v) is 2.56. The summed E-state index contributed by atoms with van der Waals surface area (Å²) >= 11 is 4.59. The molecule has 0 bridgehead atoms. The lowest BCUT2D eigenvalue weighted by Gasteiger charge is -1.94. The Balaban J connectivity index is 2.46. The molecule has 1 heterocycles. The third-order valence-electron chi connectivity index (χ3n) is 1.52. The summed E-state index contributed by atoms with van der Waals surface area (Å²) < 4.78 is 5.12. The highest BCUT2D eigenvalue weighted by molar-refractivity contribution is 9.10. The Hall–Kier alpha value is -0.940. The van der Waals surface area contributed by atoms with Crippen molar-refractivity contribution in [2.24, 2.45) is 0 Å². The standard InChI is InChI=1S/C8H6BrN3S/c9-6-3-1-2-5(4-6)7-11-8(10)13-12-7/h1-4H,(H2,10,11,12). The molecule has 0 aliphatic carbocycles. The van der Waals surface area contributed by atoms with Gasteiger partial charge in [0.15, 0.2) is 11.0 Å². The topological polar surface area (TPSA) is 51.8 Å². The van der Waals surface area contributed by atoms with Crippen LogP contribution in [0.4, 0.5) is 5.13 Å². The second-order valence-electron chi connectivity index (χ2n) is 2.47. The van der Waals surface area contributed by atoms with Crippen molar-refractivity contribution in [3.8, 4) is 11.4 Å². The lowest BCUT2D eigenvalue weighted by molar-refractivity contribution is 1.33. The molecule has 1 aromatic heterocycles. The summed E-state index contributed by atoms with van der Waals surface area (Å²) in [5.74, 6) is 0.684. The van der Waals surface area contributed by atoms with Crippen LogP contribution < -0.4 is 5.73 Å². The van der Waals surface area contributed by atoms with E-state index in [1.165, 1.54) is 11.5 Å². The summed E-state index contributed by atoms with van der Waals surface area (Å²) in [4.78, 5) is 4.09. The van der Waals surface area contributed by atoms with Gasteiger partial charge in [0.2, 0.25) is 0 Å². The van der Waals surface area contributed by atoms with Gasteiger partial charge in [0.1, 0.15) is 0 Å². The molecule has 66 valence electrons. The number of nitrogens with two attached hydrogens (primary N) is 1. The molecule has 0 fully saturated rings. The summed E-state index contributed by atoms with van der Waals surface area (Å²) in [6, 6.07) is 7.81. The fraction of sp³-hybridized carbons (Fsp3) is 0. The molecule has 0 aliphatic rings. The monoisotopic (exact) mass is 255 g/mol. The quantitative estimate of drug-likeness (QED) is 0.853. The molecule has 5 heteroatoms. The minimum atomic E-state index is 0.495. The first-order valence-corrected chi connectivity index (χ1v) is 5.17. The van der Waals surface area contributed by atoms with Crippen molar-refractivity contribution < 1.29 is 0 Å². The second kappa shape index (κ2) is 3.43. The molecule has 0 spiro atoms. The van der Waals surface area contributed by atoms with Gasteiger partial charge >= 0.3 is 0 Å². The van der Waals surface area contributed by atoms with Crippen molar-refractivity contribution in [3.63, 3.8) is 0 Å². The fourth-order valence-electron chi connectivity index (χ4n) is 0.980. The summed E-state index contributed by atoms with van der Waals surface area (Å²) in [7, 11) is 0. The molecule has 2 aromatic rings. The fourth-order valence-corrected chi connectivity index (χ4v) is 1.83. The molecule has 0 amide bonds. The van der Waals surface area contributed by atoms with Crippen molar-refractivity contribution in [3.05, 3.63) is 28.7 Å². The first-order valence-electron chi connectivity index (χ1n) is 3.61. The van der Waals surface area contributed by atoms with Gasteiger partial charge in [-0.25, -0.2) is 0 Å². The van der Waals surface area contributed by atoms with E-state index in [9.17, 15) is 0 Å². The van der Waals surface area contributed by atoms with Crippen LogP contribution in [-0.2, 0) is 0 Å². The van der Waals surface area contributed by atoms with E-state index in [1.54, 1.807) is 0 Å². The number of halogens is 1. The predicted molar refractivity (Wildman–Crippen MR) is 57.5 cm³/mol. The van der Waals surface area contributed by atoms with Crippen LogP contribution in [0.1, 0.15) is 0 Å². The molecular formula is C8H6BrN3S. The van der Waals surface area contributed by atoms with Gasteiger partial charge in [0.05, 0.1) is 0 Å². The predicted octanol–water partition coefficient (Wildman–Crippen LogP) is 2.55. The Kier molecular flexibility index (Phi) is 2.28. The van der Waals surface area contributed by atoms with Gasteiger partial charge in [-0.3, -0.25) is 0 Å². The van der Waals surface area contributed by atoms with Gasteiger partial charge in [-0.1, -0.05) is 28.1 Å². The van der Waals surface area contributed by atoms with Gasteiger partial charge in [0, 0.05) is 21.6 Å². The van der Waals surface area contributed by atoms with Crippen molar-refractivity contribution in [1.29, 1.82) is 0 Å². The molecule has 1 aromatic carbocycles. The zero-order chi connectivity index (χ0) is 9.26. The average Bonchev–Trinajstić information content (AvgIpc) is 2.52. The van der Waals surface area contributed by atoms with Gasteiger partial charge in [0.25, 0.3) is 0 Å². The number of nitrogen functional groups attached to an aromatic ring is 1. The van der Waals surface area contributed by atoms with Crippen LogP contribution in [-0.4, -0.2) is 9.36 Å². The smallest absolute Gasteiger partial charge is 0.200 e. The minimum absolute atomic E-state index is 0.495. The highest BCUT2D eigenvalue weighted by atomic mass is 79.9. The molecule has 2 N–H and O–H groups in total. The van der Waals surface area contributed by atoms with E-state index in [-0.39, 0.29) is 0 Å². The Morgan fingerprint density at radius 1 is 1.38 bits per heavy atom. The number of anilines is 1. The number of aromatic nitrogens is 2. The Morgan fingerprint density at radius 3 is 2.85 bits per heavy atom. The van der Waals surface area contributed by atoms with Crippen LogP contribution in [0.5, 0.6) is 0 Å². The lowest BCUT2D eigenvalue weighted by Crippen LogP contribution is -1.83. The van der Waals surface area contributed by atoms with E-state index in [1.807, 2.05) is 24.3 Å². The first-order chi connectivity index (χ1) is 6.25. The maximum absolute atomic E-state index is 5.49. The van der Waals surface area contributed by atoms with Crippen molar-refractivity contribution >= 4 is 32.6 Å². The summed E-state index contributed by atoms with van der Waals surface area (Å²) in [5, 5.41) is 0.495. The lowest BCUT2D eigenvalue weighted by atomic mass is 10.2. The average molecular weight is 256 g/mol. The Labute approximate surface area is 87.9 Å². The summed E-state index contributed by atoms with van der Waals surface area (Å²) in [6.07, 6.45) is 0. The second-order valence-corrected chi connectivity index (χ2v) is 4.17. The van der Waals surface area contributed by atoms with Crippen LogP contribution in [0, 0.1) is 0 Å². The third kappa shape index (κ3) is 1.87. The van der Waals surface area contributed by atoms with E-state index in [0.717, 1.165) is 10.0 Å². The highest BCUT2D eigenvalue weighted by Gasteiger charge is 2.03. The zero-order valence-corrected chi connectivity index (χ0v) is 8.97. The molecule has 0 aliphatic heterocycles. The van der Waals surface area contributed by atoms with E-state index < -0.39 is 0 Å². The maximum Gasteiger partial charge on any atom is 0.200 e. The number of benzene rings is 1. The van der Waals surface area contributed by atoms with Gasteiger partial charge in [-0.05, 0) is 12.1 Å². The number of rotatable bonds is 1. The van der Waals surface area contributed by atoms with Gasteiger partial charge in [-0.2, -0.15) is 9.36 Å². The molecule has 2 rings (SSSR count). The molecule has 13 heavy (non-hydrogen) atoms. The minimum Gasteiger partial charge on any atom is -0.374 e. The number of hydrogen-bond acceptors (Lipinski definition) is 4. The van der Waals surface area contributed by atoms with E-state index in [4.69, 9.17) is 5.73 Å². The molecular weight excluding hydrogens is 250 g/mol. The van der Waals surface area contributed by atoms with E-state index in [0.29, 0.717) is 11.0 Å². The van der Waals surface area contributed by atoms with Crippen molar-refractivity contribution in [2.75, 3.05) is 5.73 Å². The molecule has 0 saturated heterocycles. The van der Waals surface area contributed by atoms with Gasteiger partial charge < -0.3 is 5.73 Å². The largest absolute Gasteiger partial charge is 0.374 e. The number of hydrogen-bond donors (Lipinski definition) is 1. The number of nitrogens with zero attached hydrogens (tertiary/aromatic N) is 2. The first kappa shape index (κ1) is 8.65. The summed E-state index contributed by atoms with van der Waals surface area (Å²) in [6.45, 7) is 0. The van der Waals surface area contributed by atoms with Crippen LogP contribution >= 0.6 is 27.5 Å². The SMILES string of the molecule is Nc1nc(-c2cccc(Br)c2)ns1. The molecule has 3 nitrogen and oxygen atoms in total. The van der Waals surface area contributed by atoms with Crippen LogP contribution in [0.15, 0.2) is 28.7 Å². The van der Waals surface area contributed by atoms with Crippen molar-refractivity contribution in [2.45, 2.75) is 0 Å². The van der Waals surface area contributed by atoms with Crippen LogP contribution in [0.25, 0.3) is 11.4 Å². The highest BCUT2D eigenvalue weighted by Crippen LogP contribution is 2.22. The summed E-state index contributed by atoms with van der Waals surface area (Å²) in [5.41, 5.74) is 6.46. The molecule has 0 radical (unpaired) electrons. The molecule has 0 saturated carbocycles. The molecule has 0 unspecified atom stereocenters. The van der Waals surface area contributed by atoms with Gasteiger partial charge in [-0.15, -0.1) is 0 Å². The Morgan fingerprint density at radius 2 is 2.23 bits per heavy atom. The normalized spacial score (nSPS) is 10.2. The van der Waals surface area contributed by atoms with Crippen LogP contribution in [0.2, 0.25) is 0 Å². The Bertz CT molecular complexity index is 427. The van der Waals surface area contributed by atoms with Crippen LogP contribution in [0.3, 0.4) is 0 Å². The van der Waals surface area contributed by atoms with E-state index in [2.05, 4.69) is 25.3 Å². The zero-order valence-electron chi connectivity index (χ0n) is 6.57.